The summed E-state index contributed by atoms with van der Waals surface area (Å²) in [5.41, 5.74) is 0.861. The summed E-state index contributed by atoms with van der Waals surface area (Å²) >= 11 is 0. The van der Waals surface area contributed by atoms with E-state index in [1.165, 1.54) is 43.5 Å². The maximum atomic E-state index is 13.3. The third-order valence-corrected chi connectivity index (χ3v) is 3.46. The van der Waals surface area contributed by atoms with E-state index in [1.54, 1.807) is 0 Å². The van der Waals surface area contributed by atoms with Crippen LogP contribution in [0.25, 0.3) is 0 Å². The number of benzene rings is 2. The predicted octanol–water partition coefficient (Wildman–Crippen LogP) is 2.46. The molecule has 0 saturated carbocycles. The van der Waals surface area contributed by atoms with E-state index in [2.05, 4.69) is 10.0 Å². The Morgan fingerprint density at radius 3 is 2.26 bits per heavy atom. The fourth-order valence-electron chi connectivity index (χ4n) is 1.89. The van der Waals surface area contributed by atoms with E-state index in [0.29, 0.717) is 11.4 Å². The van der Waals surface area contributed by atoms with E-state index in [4.69, 9.17) is 4.74 Å². The van der Waals surface area contributed by atoms with E-state index in [0.717, 1.165) is 12.3 Å². The average molecular weight is 338 g/mol. The Morgan fingerprint density at radius 1 is 1.09 bits per heavy atom. The SMILES string of the molecule is COc1ccc(F)cc1C(=O)Nc1ccc(NS(C)(=O)=O)cc1. The van der Waals surface area contributed by atoms with Gasteiger partial charge in [-0.05, 0) is 42.5 Å². The molecule has 0 heterocycles. The summed E-state index contributed by atoms with van der Waals surface area (Å²) in [4.78, 5) is 12.2. The third-order valence-electron chi connectivity index (χ3n) is 2.85. The van der Waals surface area contributed by atoms with Gasteiger partial charge in [0.05, 0.1) is 18.9 Å². The highest BCUT2D eigenvalue weighted by atomic mass is 32.2. The van der Waals surface area contributed by atoms with Gasteiger partial charge in [-0.3, -0.25) is 9.52 Å². The minimum absolute atomic E-state index is 0.0610. The number of rotatable bonds is 5. The minimum atomic E-state index is -3.37. The lowest BCUT2D eigenvalue weighted by Gasteiger charge is -2.10. The topological polar surface area (TPSA) is 84.5 Å². The molecule has 0 aliphatic heterocycles. The van der Waals surface area contributed by atoms with Crippen molar-refractivity contribution in [2.75, 3.05) is 23.4 Å². The summed E-state index contributed by atoms with van der Waals surface area (Å²) in [6, 6.07) is 9.69. The normalized spacial score (nSPS) is 10.9. The second-order valence-electron chi connectivity index (χ2n) is 4.75. The molecule has 8 heteroatoms. The molecule has 0 aliphatic rings. The van der Waals surface area contributed by atoms with Gasteiger partial charge in [-0.25, -0.2) is 12.8 Å². The first-order valence-electron chi connectivity index (χ1n) is 6.51. The highest BCUT2D eigenvalue weighted by Crippen LogP contribution is 2.21. The largest absolute Gasteiger partial charge is 0.496 e. The molecule has 2 aromatic carbocycles. The van der Waals surface area contributed by atoms with Crippen LogP contribution in [0.5, 0.6) is 5.75 Å². The van der Waals surface area contributed by atoms with Gasteiger partial charge in [0.1, 0.15) is 11.6 Å². The smallest absolute Gasteiger partial charge is 0.259 e. The molecular weight excluding hydrogens is 323 g/mol. The number of amides is 1. The van der Waals surface area contributed by atoms with Crippen LogP contribution in [0.1, 0.15) is 10.4 Å². The number of halogens is 1. The summed E-state index contributed by atoms with van der Waals surface area (Å²) in [6.07, 6.45) is 1.04. The fraction of sp³-hybridized carbons (Fsp3) is 0.133. The molecule has 1 amide bonds. The van der Waals surface area contributed by atoms with Gasteiger partial charge in [0.25, 0.3) is 5.91 Å². The molecule has 6 nitrogen and oxygen atoms in total. The zero-order valence-corrected chi connectivity index (χ0v) is 13.3. The number of methoxy groups -OCH3 is 1. The van der Waals surface area contributed by atoms with Crippen molar-refractivity contribution in [1.82, 2.24) is 0 Å². The van der Waals surface area contributed by atoms with Crippen molar-refractivity contribution in [3.05, 3.63) is 53.8 Å². The van der Waals surface area contributed by atoms with E-state index in [9.17, 15) is 17.6 Å². The summed E-state index contributed by atoms with van der Waals surface area (Å²) in [6.45, 7) is 0. The Bertz CT molecular complexity index is 820. The van der Waals surface area contributed by atoms with E-state index in [1.807, 2.05) is 0 Å². The van der Waals surface area contributed by atoms with Crippen LogP contribution < -0.4 is 14.8 Å². The fourth-order valence-corrected chi connectivity index (χ4v) is 2.46. The van der Waals surface area contributed by atoms with Crippen LogP contribution in [0.4, 0.5) is 15.8 Å². The molecule has 0 atom stereocenters. The molecule has 2 N–H and O–H groups in total. The lowest BCUT2D eigenvalue weighted by atomic mass is 10.1. The van der Waals surface area contributed by atoms with Crippen molar-refractivity contribution in [2.45, 2.75) is 0 Å². The van der Waals surface area contributed by atoms with E-state index in [-0.39, 0.29) is 11.3 Å². The molecule has 0 unspecified atom stereocenters. The van der Waals surface area contributed by atoms with Crippen molar-refractivity contribution in [2.24, 2.45) is 0 Å². The number of anilines is 2. The Hall–Kier alpha value is -2.61. The Labute approximate surface area is 133 Å². The maximum Gasteiger partial charge on any atom is 0.259 e. The van der Waals surface area contributed by atoms with Crippen molar-refractivity contribution in [3.63, 3.8) is 0 Å². The molecule has 0 radical (unpaired) electrons. The second-order valence-corrected chi connectivity index (χ2v) is 6.50. The molecule has 0 bridgehead atoms. The number of ether oxygens (including phenoxy) is 1. The van der Waals surface area contributed by atoms with Crippen LogP contribution in [-0.4, -0.2) is 27.7 Å². The van der Waals surface area contributed by atoms with Crippen molar-refractivity contribution in [3.8, 4) is 5.75 Å². The first-order valence-corrected chi connectivity index (χ1v) is 8.40. The number of carbonyl (C=O) groups excluding carboxylic acids is 1. The van der Waals surface area contributed by atoms with Crippen molar-refractivity contribution < 1.29 is 22.3 Å². The number of carbonyl (C=O) groups is 1. The Balaban J connectivity index is 2.16. The monoisotopic (exact) mass is 338 g/mol. The highest BCUT2D eigenvalue weighted by molar-refractivity contribution is 7.92. The van der Waals surface area contributed by atoms with E-state index >= 15 is 0 Å². The van der Waals surface area contributed by atoms with Gasteiger partial charge in [0.2, 0.25) is 10.0 Å². The molecule has 0 spiro atoms. The minimum Gasteiger partial charge on any atom is -0.496 e. The number of sulfonamides is 1. The summed E-state index contributed by atoms with van der Waals surface area (Å²) in [5.74, 6) is -0.840. The van der Waals surface area contributed by atoms with Crippen LogP contribution in [-0.2, 0) is 10.0 Å². The lowest BCUT2D eigenvalue weighted by molar-refractivity contribution is 0.102. The van der Waals surface area contributed by atoms with Crippen LogP contribution in [0.3, 0.4) is 0 Å². The Morgan fingerprint density at radius 2 is 1.70 bits per heavy atom. The highest BCUT2D eigenvalue weighted by Gasteiger charge is 2.13. The average Bonchev–Trinajstić information content (AvgIpc) is 2.47. The van der Waals surface area contributed by atoms with Crippen molar-refractivity contribution in [1.29, 1.82) is 0 Å². The van der Waals surface area contributed by atoms with Crippen molar-refractivity contribution >= 4 is 27.3 Å². The Kier molecular flexibility index (Phi) is 4.85. The molecule has 2 rings (SSSR count). The molecular formula is C15H15FN2O4S. The molecule has 122 valence electrons. The van der Waals surface area contributed by atoms with Crippen LogP contribution >= 0.6 is 0 Å². The molecule has 0 fully saturated rings. The molecule has 0 aromatic heterocycles. The quantitative estimate of drug-likeness (QED) is 0.877. The molecule has 0 aliphatic carbocycles. The lowest BCUT2D eigenvalue weighted by Crippen LogP contribution is -2.14. The third kappa shape index (κ3) is 4.68. The summed E-state index contributed by atoms with van der Waals surface area (Å²) in [5, 5.41) is 2.59. The van der Waals surface area contributed by atoms with Gasteiger partial charge in [0, 0.05) is 11.4 Å². The predicted molar refractivity (Wildman–Crippen MR) is 85.8 cm³/mol. The summed E-state index contributed by atoms with van der Waals surface area (Å²) in [7, 11) is -1.98. The van der Waals surface area contributed by atoms with Gasteiger partial charge in [0.15, 0.2) is 0 Å². The van der Waals surface area contributed by atoms with Gasteiger partial charge < -0.3 is 10.1 Å². The number of hydrogen-bond donors (Lipinski definition) is 2. The summed E-state index contributed by atoms with van der Waals surface area (Å²) < 4.78 is 42.9. The first kappa shape index (κ1) is 16.8. The standard InChI is InChI=1S/C15H15FN2O4S/c1-22-14-8-3-10(16)9-13(14)15(19)17-11-4-6-12(7-5-11)18-23(2,20)21/h3-9,18H,1-2H3,(H,17,19). The van der Waals surface area contributed by atoms with Crippen LogP contribution in [0.15, 0.2) is 42.5 Å². The maximum absolute atomic E-state index is 13.3. The number of hydrogen-bond acceptors (Lipinski definition) is 4. The zero-order valence-electron chi connectivity index (χ0n) is 12.5. The van der Waals surface area contributed by atoms with Gasteiger partial charge in [-0.1, -0.05) is 0 Å². The van der Waals surface area contributed by atoms with Crippen LogP contribution in [0, 0.1) is 5.82 Å². The van der Waals surface area contributed by atoms with E-state index < -0.39 is 21.7 Å². The van der Waals surface area contributed by atoms with Crippen LogP contribution in [0.2, 0.25) is 0 Å². The number of nitrogens with one attached hydrogen (secondary N) is 2. The van der Waals surface area contributed by atoms with Gasteiger partial charge in [-0.2, -0.15) is 0 Å². The molecule has 2 aromatic rings. The van der Waals surface area contributed by atoms with Gasteiger partial charge >= 0.3 is 0 Å². The zero-order chi connectivity index (χ0) is 17.0. The van der Waals surface area contributed by atoms with Gasteiger partial charge in [-0.15, -0.1) is 0 Å². The molecule has 23 heavy (non-hydrogen) atoms. The second kappa shape index (κ2) is 6.66. The first-order chi connectivity index (χ1) is 10.8. The molecule has 0 saturated heterocycles.